The quantitative estimate of drug-likeness (QED) is 0.748. The molecule has 5 heteroatoms. The average Bonchev–Trinajstić information content (AvgIpc) is 2.71. The lowest BCUT2D eigenvalue weighted by molar-refractivity contribution is 0.444. The highest BCUT2D eigenvalue weighted by Crippen LogP contribution is 2.08. The van der Waals surface area contributed by atoms with Crippen molar-refractivity contribution in [1.82, 2.24) is 14.9 Å². The predicted molar refractivity (Wildman–Crippen MR) is 64.0 cm³/mol. The molecule has 0 radical (unpaired) electrons. The molecule has 0 amide bonds. The van der Waals surface area contributed by atoms with Crippen LogP contribution in [0.4, 0.5) is 0 Å². The second-order valence-corrected chi connectivity index (χ2v) is 4.13. The van der Waals surface area contributed by atoms with E-state index in [0.29, 0.717) is 18.2 Å². The van der Waals surface area contributed by atoms with Gasteiger partial charge in [-0.15, -0.1) is 0 Å². The first-order valence-electron chi connectivity index (χ1n) is 5.79. The van der Waals surface area contributed by atoms with Crippen molar-refractivity contribution < 1.29 is 0 Å². The molecule has 0 spiro atoms. The van der Waals surface area contributed by atoms with E-state index < -0.39 is 0 Å². The molecule has 0 saturated heterocycles. The molecule has 17 heavy (non-hydrogen) atoms. The number of aromatic nitrogens is 2. The van der Waals surface area contributed by atoms with Crippen LogP contribution in [0.1, 0.15) is 31.7 Å². The van der Waals surface area contributed by atoms with Crippen LogP contribution < -0.4 is 5.32 Å². The molecule has 5 nitrogen and oxygen atoms in total. The maximum Gasteiger partial charge on any atom is 0.176 e. The van der Waals surface area contributed by atoms with Gasteiger partial charge in [0.1, 0.15) is 12.1 Å². The fraction of sp³-hybridized carbons (Fsp3) is 0.583. The standard InChI is InChI=1S/C12H17N5/c1-3-4-15-7-10(2)8-17-9-16-11(5-13)12(17)6-14/h9-10,15H,3-4,7-8H2,1-2H3. The minimum Gasteiger partial charge on any atom is -0.321 e. The van der Waals surface area contributed by atoms with Crippen LogP contribution in [-0.2, 0) is 6.54 Å². The van der Waals surface area contributed by atoms with Crippen molar-refractivity contribution in [2.75, 3.05) is 13.1 Å². The van der Waals surface area contributed by atoms with Crippen LogP contribution >= 0.6 is 0 Å². The second-order valence-electron chi connectivity index (χ2n) is 4.13. The minimum atomic E-state index is 0.209. The van der Waals surface area contributed by atoms with E-state index in [9.17, 15) is 0 Å². The van der Waals surface area contributed by atoms with Gasteiger partial charge in [-0.2, -0.15) is 10.5 Å². The third kappa shape index (κ3) is 3.58. The third-order valence-corrected chi connectivity index (χ3v) is 2.48. The maximum atomic E-state index is 8.97. The number of hydrogen-bond donors (Lipinski definition) is 1. The number of imidazole rings is 1. The van der Waals surface area contributed by atoms with E-state index in [1.165, 1.54) is 0 Å². The molecule has 0 aliphatic heterocycles. The summed E-state index contributed by atoms with van der Waals surface area (Å²) in [7, 11) is 0. The lowest BCUT2D eigenvalue weighted by Crippen LogP contribution is -2.24. The normalized spacial score (nSPS) is 11.8. The van der Waals surface area contributed by atoms with E-state index in [1.807, 2.05) is 12.1 Å². The van der Waals surface area contributed by atoms with Gasteiger partial charge < -0.3 is 9.88 Å². The Morgan fingerprint density at radius 2 is 2.24 bits per heavy atom. The summed E-state index contributed by atoms with van der Waals surface area (Å²) in [4.78, 5) is 3.91. The number of rotatable bonds is 6. The largest absolute Gasteiger partial charge is 0.321 e. The monoisotopic (exact) mass is 231 g/mol. The summed E-state index contributed by atoms with van der Waals surface area (Å²) < 4.78 is 1.75. The van der Waals surface area contributed by atoms with Gasteiger partial charge in [0.15, 0.2) is 11.4 Å². The van der Waals surface area contributed by atoms with Crippen LogP contribution in [0.2, 0.25) is 0 Å². The van der Waals surface area contributed by atoms with E-state index in [2.05, 4.69) is 24.1 Å². The molecule has 1 aromatic heterocycles. The Bertz CT molecular complexity index is 435. The molecule has 1 atom stereocenters. The Balaban J connectivity index is 2.60. The molecule has 0 saturated carbocycles. The summed E-state index contributed by atoms with van der Waals surface area (Å²) in [6.45, 7) is 6.84. The SMILES string of the molecule is CCCNCC(C)Cn1cnc(C#N)c1C#N. The Kier molecular flexibility index (Phi) is 5.19. The highest BCUT2D eigenvalue weighted by Gasteiger charge is 2.12. The molecular formula is C12H17N5. The van der Waals surface area contributed by atoms with E-state index >= 15 is 0 Å². The van der Waals surface area contributed by atoms with E-state index in [4.69, 9.17) is 10.5 Å². The number of nitrogens with zero attached hydrogens (tertiary/aromatic N) is 4. The topological polar surface area (TPSA) is 77.4 Å². The zero-order valence-electron chi connectivity index (χ0n) is 10.3. The van der Waals surface area contributed by atoms with Crippen molar-refractivity contribution in [1.29, 1.82) is 10.5 Å². The second kappa shape index (κ2) is 6.67. The molecule has 1 unspecified atom stereocenters. The summed E-state index contributed by atoms with van der Waals surface area (Å²) in [6.07, 6.45) is 2.67. The Labute approximate surface area is 102 Å². The summed E-state index contributed by atoms with van der Waals surface area (Å²) in [5, 5.41) is 21.1. The molecule has 0 aliphatic carbocycles. The molecule has 1 rings (SSSR count). The molecule has 0 aliphatic rings. The van der Waals surface area contributed by atoms with Crippen molar-refractivity contribution in [3.8, 4) is 12.1 Å². The molecule has 0 bridgehead atoms. The Morgan fingerprint density at radius 1 is 1.47 bits per heavy atom. The van der Waals surface area contributed by atoms with Crippen molar-refractivity contribution in [3.05, 3.63) is 17.7 Å². The van der Waals surface area contributed by atoms with E-state index in [-0.39, 0.29) is 5.69 Å². The predicted octanol–water partition coefficient (Wildman–Crippen LogP) is 1.26. The fourth-order valence-corrected chi connectivity index (χ4v) is 1.65. The van der Waals surface area contributed by atoms with E-state index in [1.54, 1.807) is 10.9 Å². The van der Waals surface area contributed by atoms with Gasteiger partial charge in [0, 0.05) is 6.54 Å². The van der Waals surface area contributed by atoms with Crippen LogP contribution in [-0.4, -0.2) is 22.6 Å². The molecule has 1 heterocycles. The van der Waals surface area contributed by atoms with Crippen molar-refractivity contribution >= 4 is 0 Å². The van der Waals surface area contributed by atoms with Gasteiger partial charge in [-0.05, 0) is 25.4 Å². The third-order valence-electron chi connectivity index (χ3n) is 2.48. The first kappa shape index (κ1) is 13.2. The van der Waals surface area contributed by atoms with Gasteiger partial charge in [-0.1, -0.05) is 13.8 Å². The van der Waals surface area contributed by atoms with Gasteiger partial charge >= 0.3 is 0 Å². The molecule has 0 fully saturated rings. The fourth-order valence-electron chi connectivity index (χ4n) is 1.65. The van der Waals surface area contributed by atoms with Crippen LogP contribution in [0.3, 0.4) is 0 Å². The van der Waals surface area contributed by atoms with E-state index in [0.717, 1.165) is 19.5 Å². The maximum absolute atomic E-state index is 8.97. The van der Waals surface area contributed by atoms with Crippen molar-refractivity contribution in [2.24, 2.45) is 5.92 Å². The van der Waals surface area contributed by atoms with Crippen molar-refractivity contribution in [3.63, 3.8) is 0 Å². The summed E-state index contributed by atoms with van der Waals surface area (Å²) in [5.41, 5.74) is 0.566. The smallest absolute Gasteiger partial charge is 0.176 e. The van der Waals surface area contributed by atoms with Crippen LogP contribution in [0.15, 0.2) is 6.33 Å². The molecule has 1 aromatic rings. The lowest BCUT2D eigenvalue weighted by atomic mass is 10.1. The van der Waals surface area contributed by atoms with Gasteiger partial charge in [0.2, 0.25) is 0 Å². The van der Waals surface area contributed by atoms with Crippen molar-refractivity contribution in [2.45, 2.75) is 26.8 Å². The first-order valence-corrected chi connectivity index (χ1v) is 5.79. The molecule has 90 valence electrons. The number of hydrogen-bond acceptors (Lipinski definition) is 4. The molecule has 1 N–H and O–H groups in total. The van der Waals surface area contributed by atoms with Gasteiger partial charge in [0.25, 0.3) is 0 Å². The van der Waals surface area contributed by atoms with Gasteiger partial charge in [-0.25, -0.2) is 4.98 Å². The summed E-state index contributed by atoms with van der Waals surface area (Å²) >= 11 is 0. The zero-order chi connectivity index (χ0) is 12.7. The lowest BCUT2D eigenvalue weighted by Gasteiger charge is -2.13. The zero-order valence-corrected chi connectivity index (χ0v) is 10.3. The summed E-state index contributed by atoms with van der Waals surface area (Å²) in [6, 6.07) is 3.95. The van der Waals surface area contributed by atoms with Gasteiger partial charge in [-0.3, -0.25) is 0 Å². The van der Waals surface area contributed by atoms with Crippen LogP contribution in [0.25, 0.3) is 0 Å². The molecular weight excluding hydrogens is 214 g/mol. The number of nitrogens with one attached hydrogen (secondary N) is 1. The van der Waals surface area contributed by atoms with Crippen LogP contribution in [0.5, 0.6) is 0 Å². The minimum absolute atomic E-state index is 0.209. The first-order chi connectivity index (χ1) is 8.22. The number of nitriles is 2. The van der Waals surface area contributed by atoms with Crippen LogP contribution in [0, 0.1) is 28.6 Å². The highest BCUT2D eigenvalue weighted by molar-refractivity contribution is 5.35. The average molecular weight is 231 g/mol. The summed E-state index contributed by atoms with van der Waals surface area (Å²) in [5.74, 6) is 0.398. The highest BCUT2D eigenvalue weighted by atomic mass is 15.1. The van der Waals surface area contributed by atoms with Gasteiger partial charge in [0.05, 0.1) is 6.33 Å². The molecule has 0 aromatic carbocycles. The Morgan fingerprint density at radius 3 is 2.82 bits per heavy atom. The Hall–Kier alpha value is -1.85.